The van der Waals surface area contributed by atoms with Crippen molar-refractivity contribution in [2.24, 2.45) is 0 Å². The summed E-state index contributed by atoms with van der Waals surface area (Å²) in [5.74, 6) is -1.31. The van der Waals surface area contributed by atoms with Crippen molar-refractivity contribution in [2.45, 2.75) is 65.3 Å². The Morgan fingerprint density at radius 1 is 1.16 bits per heavy atom. The molecule has 5 nitrogen and oxygen atoms in total. The van der Waals surface area contributed by atoms with Crippen LogP contribution in [0.25, 0.3) is 5.76 Å². The molecule has 0 saturated carbocycles. The molecule has 1 atom stereocenters. The molecule has 0 aliphatic carbocycles. The van der Waals surface area contributed by atoms with Crippen LogP contribution in [-0.2, 0) is 15.0 Å². The van der Waals surface area contributed by atoms with Crippen molar-refractivity contribution in [3.05, 3.63) is 70.6 Å². The Bertz CT molecular complexity index is 1000. The van der Waals surface area contributed by atoms with Gasteiger partial charge in [0.2, 0.25) is 0 Å². The monoisotopic (exact) mass is 420 g/mol. The van der Waals surface area contributed by atoms with E-state index in [2.05, 4.69) is 32.7 Å². The molecule has 1 amide bonds. The zero-order chi connectivity index (χ0) is 22.8. The van der Waals surface area contributed by atoms with Crippen LogP contribution in [0.5, 0.6) is 0 Å². The van der Waals surface area contributed by atoms with Crippen LogP contribution < -0.4 is 0 Å². The van der Waals surface area contributed by atoms with Crippen LogP contribution in [0.15, 0.2) is 48.3 Å². The van der Waals surface area contributed by atoms with Gasteiger partial charge in [0.15, 0.2) is 0 Å². The number of Topliss-reactive ketones (excluding diaryl/α,β-unsaturated/α-hetero) is 1. The predicted octanol–water partition coefficient (Wildman–Crippen LogP) is 5.30. The zero-order valence-electron chi connectivity index (χ0n) is 19.1. The number of aryl methyl sites for hydroxylation is 1. The van der Waals surface area contributed by atoms with Crippen LogP contribution in [0, 0.1) is 6.92 Å². The van der Waals surface area contributed by atoms with Crippen LogP contribution in [0.3, 0.4) is 0 Å². The molecule has 5 heteroatoms. The van der Waals surface area contributed by atoms with Crippen molar-refractivity contribution in [1.29, 1.82) is 0 Å². The molecule has 1 aromatic heterocycles. The molecule has 2 aromatic rings. The Morgan fingerprint density at radius 2 is 1.90 bits per heavy atom. The number of hydrogen-bond acceptors (Lipinski definition) is 4. The van der Waals surface area contributed by atoms with E-state index in [9.17, 15) is 14.7 Å². The molecule has 0 radical (unpaired) electrons. The number of nitrogens with zero attached hydrogens (tertiary/aromatic N) is 2. The van der Waals surface area contributed by atoms with E-state index in [0.29, 0.717) is 12.1 Å². The van der Waals surface area contributed by atoms with Crippen molar-refractivity contribution in [3.8, 4) is 0 Å². The van der Waals surface area contributed by atoms with Gasteiger partial charge in [-0.15, -0.1) is 0 Å². The molecule has 1 fully saturated rings. The molecule has 1 unspecified atom stereocenters. The van der Waals surface area contributed by atoms with Crippen molar-refractivity contribution >= 4 is 17.4 Å². The summed E-state index contributed by atoms with van der Waals surface area (Å²) in [5.41, 5.74) is 3.25. The quantitative estimate of drug-likeness (QED) is 0.298. The molecule has 2 heterocycles. The number of pyridine rings is 1. The molecule has 31 heavy (non-hydrogen) atoms. The lowest BCUT2D eigenvalue weighted by Crippen LogP contribution is -2.30. The highest BCUT2D eigenvalue weighted by Crippen LogP contribution is 2.40. The third-order valence-electron chi connectivity index (χ3n) is 5.90. The Kier molecular flexibility index (Phi) is 6.63. The highest BCUT2D eigenvalue weighted by molar-refractivity contribution is 6.46. The second kappa shape index (κ2) is 9.04. The lowest BCUT2D eigenvalue weighted by molar-refractivity contribution is -0.139. The van der Waals surface area contributed by atoms with Gasteiger partial charge in [-0.3, -0.25) is 14.6 Å². The molecular weight excluding hydrogens is 388 g/mol. The number of unbranched alkanes of at least 4 members (excludes halogenated alkanes) is 2. The average Bonchev–Trinajstić information content (AvgIpc) is 2.98. The first kappa shape index (κ1) is 22.7. The van der Waals surface area contributed by atoms with Gasteiger partial charge in [-0.1, -0.05) is 58.7 Å². The van der Waals surface area contributed by atoms with E-state index < -0.39 is 17.7 Å². The van der Waals surface area contributed by atoms with Crippen molar-refractivity contribution in [1.82, 2.24) is 9.88 Å². The fourth-order valence-corrected chi connectivity index (χ4v) is 4.02. The van der Waals surface area contributed by atoms with E-state index in [-0.39, 0.29) is 16.7 Å². The molecular formula is C26H32N2O3. The lowest BCUT2D eigenvalue weighted by atomic mass is 9.84. The van der Waals surface area contributed by atoms with Crippen LogP contribution in [-0.4, -0.2) is 33.2 Å². The van der Waals surface area contributed by atoms with Crippen molar-refractivity contribution in [3.63, 3.8) is 0 Å². The Balaban J connectivity index is 2.17. The average molecular weight is 421 g/mol. The van der Waals surface area contributed by atoms with Crippen molar-refractivity contribution in [2.75, 3.05) is 6.54 Å². The van der Waals surface area contributed by atoms with Gasteiger partial charge in [-0.25, -0.2) is 0 Å². The molecule has 164 valence electrons. The van der Waals surface area contributed by atoms with Crippen LogP contribution >= 0.6 is 0 Å². The minimum absolute atomic E-state index is 0.113. The maximum atomic E-state index is 13.1. The number of aliphatic hydroxyl groups is 1. The highest BCUT2D eigenvalue weighted by Gasteiger charge is 2.46. The summed E-state index contributed by atoms with van der Waals surface area (Å²) >= 11 is 0. The first-order chi connectivity index (χ1) is 14.7. The molecule has 1 aromatic carbocycles. The smallest absolute Gasteiger partial charge is 0.295 e. The van der Waals surface area contributed by atoms with Crippen LogP contribution in [0.2, 0.25) is 0 Å². The fraction of sp³-hybridized carbons (Fsp3) is 0.423. The molecule has 1 saturated heterocycles. The standard InChI is InChI=1S/C26H32N2O3/c1-6-7-8-14-28-22(18-10-9-13-27-16-18)21(24(30)25(28)31)23(29)20-15-19(26(3,4)5)12-11-17(20)2/h9-13,15-16,22,29H,6-8,14H2,1-5H3/b23-21+. The maximum absolute atomic E-state index is 13.1. The van der Waals surface area contributed by atoms with E-state index in [4.69, 9.17) is 0 Å². The number of carbonyl (C=O) groups excluding carboxylic acids is 2. The van der Waals surface area contributed by atoms with Crippen LogP contribution in [0.1, 0.15) is 75.3 Å². The topological polar surface area (TPSA) is 70.5 Å². The summed E-state index contributed by atoms with van der Waals surface area (Å²) in [6, 6.07) is 8.91. The Morgan fingerprint density at radius 3 is 2.52 bits per heavy atom. The van der Waals surface area contributed by atoms with E-state index >= 15 is 0 Å². The van der Waals surface area contributed by atoms with E-state index in [1.807, 2.05) is 31.2 Å². The zero-order valence-corrected chi connectivity index (χ0v) is 19.1. The number of hydrogen-bond donors (Lipinski definition) is 1. The van der Waals surface area contributed by atoms with Gasteiger partial charge in [0.05, 0.1) is 11.6 Å². The van der Waals surface area contributed by atoms with E-state index in [1.165, 1.54) is 0 Å². The summed E-state index contributed by atoms with van der Waals surface area (Å²) in [6.07, 6.45) is 6.10. The first-order valence-electron chi connectivity index (χ1n) is 11.0. The van der Waals surface area contributed by atoms with Gasteiger partial charge in [0.1, 0.15) is 5.76 Å². The van der Waals surface area contributed by atoms with Gasteiger partial charge in [0.25, 0.3) is 11.7 Å². The lowest BCUT2D eigenvalue weighted by Gasteiger charge is -2.25. The maximum Gasteiger partial charge on any atom is 0.295 e. The largest absolute Gasteiger partial charge is 0.507 e. The first-order valence-corrected chi connectivity index (χ1v) is 11.0. The number of likely N-dealkylation sites (tertiary alicyclic amines) is 1. The molecule has 1 aliphatic heterocycles. The molecule has 0 bridgehead atoms. The second-order valence-electron chi connectivity index (χ2n) is 9.27. The van der Waals surface area contributed by atoms with Gasteiger partial charge in [-0.2, -0.15) is 0 Å². The predicted molar refractivity (Wildman–Crippen MR) is 123 cm³/mol. The number of ketones is 1. The van der Waals surface area contributed by atoms with Gasteiger partial charge in [-0.05, 0) is 47.6 Å². The number of carbonyl (C=O) groups is 2. The molecule has 1 N–H and O–H groups in total. The van der Waals surface area contributed by atoms with Gasteiger partial charge >= 0.3 is 0 Å². The summed E-state index contributed by atoms with van der Waals surface area (Å²) in [6.45, 7) is 10.8. The normalized spacial score (nSPS) is 18.6. The highest BCUT2D eigenvalue weighted by atomic mass is 16.3. The summed E-state index contributed by atoms with van der Waals surface area (Å²) in [4.78, 5) is 31.8. The SMILES string of the molecule is CCCCCN1C(=O)C(=O)/C(=C(/O)c2cc(C(C)(C)C)ccc2C)C1c1cccnc1. The minimum atomic E-state index is -0.636. The summed E-state index contributed by atoms with van der Waals surface area (Å²) in [5, 5.41) is 11.4. The second-order valence-corrected chi connectivity index (χ2v) is 9.27. The number of aromatic nitrogens is 1. The molecule has 0 spiro atoms. The number of benzene rings is 1. The van der Waals surface area contributed by atoms with E-state index in [0.717, 1.165) is 36.0 Å². The van der Waals surface area contributed by atoms with Crippen molar-refractivity contribution < 1.29 is 14.7 Å². The molecule has 3 rings (SSSR count). The fourth-order valence-electron chi connectivity index (χ4n) is 4.02. The number of aliphatic hydroxyl groups excluding tert-OH is 1. The summed E-state index contributed by atoms with van der Waals surface area (Å²) in [7, 11) is 0. The Hall–Kier alpha value is -2.95. The summed E-state index contributed by atoms with van der Waals surface area (Å²) < 4.78 is 0. The Labute approximate surface area is 184 Å². The number of amides is 1. The van der Waals surface area contributed by atoms with E-state index in [1.54, 1.807) is 23.4 Å². The van der Waals surface area contributed by atoms with Gasteiger partial charge < -0.3 is 10.0 Å². The molecule has 1 aliphatic rings. The van der Waals surface area contributed by atoms with Gasteiger partial charge in [0, 0.05) is 24.5 Å². The third kappa shape index (κ3) is 4.55. The number of rotatable bonds is 6. The third-order valence-corrected chi connectivity index (χ3v) is 5.90. The minimum Gasteiger partial charge on any atom is -0.507 e. The van der Waals surface area contributed by atoms with Crippen LogP contribution in [0.4, 0.5) is 0 Å².